The molecule has 1 rings (SSSR count). The summed E-state index contributed by atoms with van der Waals surface area (Å²) in [7, 11) is 1.47. The number of rotatable bonds is 5. The molecule has 0 saturated heterocycles. The van der Waals surface area contributed by atoms with Crippen LogP contribution in [0.15, 0.2) is 30.9 Å². The van der Waals surface area contributed by atoms with Crippen molar-refractivity contribution in [3.8, 4) is 5.75 Å². The minimum Gasteiger partial charge on any atom is -0.494 e. The molecule has 0 heterocycles. The Balaban J connectivity index is 2.97. The first kappa shape index (κ1) is 11.0. The molecule has 80 valence electrons. The second kappa shape index (κ2) is 4.99. The second-order valence-electron chi connectivity index (χ2n) is 2.81. The Morgan fingerprint density at radius 3 is 2.93 bits per heavy atom. The van der Waals surface area contributed by atoms with Gasteiger partial charge in [0.1, 0.15) is 5.75 Å². The van der Waals surface area contributed by atoms with E-state index < -0.39 is 4.92 Å². The van der Waals surface area contributed by atoms with Crippen LogP contribution in [0.5, 0.6) is 5.75 Å². The van der Waals surface area contributed by atoms with Crippen molar-refractivity contribution >= 4 is 11.4 Å². The highest BCUT2D eigenvalue weighted by atomic mass is 16.6. The summed E-state index contributed by atoms with van der Waals surface area (Å²) in [5.41, 5.74) is 0.721. The predicted molar refractivity (Wildman–Crippen MR) is 58.3 cm³/mol. The Hall–Kier alpha value is -2.04. The van der Waals surface area contributed by atoms with Crippen LogP contribution in [0.2, 0.25) is 0 Å². The monoisotopic (exact) mass is 208 g/mol. The number of methoxy groups -OCH3 is 1. The van der Waals surface area contributed by atoms with Crippen molar-refractivity contribution < 1.29 is 9.66 Å². The average molecular weight is 208 g/mol. The lowest BCUT2D eigenvalue weighted by Crippen LogP contribution is -2.00. The Labute approximate surface area is 87.5 Å². The first-order valence-electron chi connectivity index (χ1n) is 4.36. The standard InChI is InChI=1S/C10H12N2O3/c1-3-6-11-9-5-4-8(12(13)14)7-10(9)15-2/h3-5,7,11H,1,6H2,2H3. The van der Waals surface area contributed by atoms with E-state index in [2.05, 4.69) is 11.9 Å². The first-order chi connectivity index (χ1) is 7.19. The van der Waals surface area contributed by atoms with E-state index in [9.17, 15) is 10.1 Å². The van der Waals surface area contributed by atoms with Crippen LogP contribution in [-0.2, 0) is 0 Å². The molecule has 1 N–H and O–H groups in total. The Kier molecular flexibility index (Phi) is 3.68. The number of benzene rings is 1. The SMILES string of the molecule is C=CCNc1ccc([N+](=O)[O-])cc1OC. The molecule has 0 atom stereocenters. The summed E-state index contributed by atoms with van der Waals surface area (Å²) in [4.78, 5) is 10.0. The number of non-ortho nitro benzene ring substituents is 1. The van der Waals surface area contributed by atoms with Gasteiger partial charge in [-0.05, 0) is 6.07 Å². The molecular weight excluding hydrogens is 196 g/mol. The van der Waals surface area contributed by atoms with Gasteiger partial charge in [0.15, 0.2) is 0 Å². The van der Waals surface area contributed by atoms with Crippen molar-refractivity contribution in [3.05, 3.63) is 41.0 Å². The lowest BCUT2D eigenvalue weighted by Gasteiger charge is -2.08. The highest BCUT2D eigenvalue weighted by Gasteiger charge is 2.10. The molecule has 1 aromatic carbocycles. The molecule has 0 aliphatic carbocycles. The number of hydrogen-bond acceptors (Lipinski definition) is 4. The van der Waals surface area contributed by atoms with Crippen LogP contribution in [0, 0.1) is 10.1 Å². The second-order valence-corrected chi connectivity index (χ2v) is 2.81. The number of nitro groups is 1. The van der Waals surface area contributed by atoms with E-state index in [-0.39, 0.29) is 5.69 Å². The molecule has 0 amide bonds. The summed E-state index contributed by atoms with van der Waals surface area (Å²) >= 11 is 0. The average Bonchev–Trinajstić information content (AvgIpc) is 2.25. The summed E-state index contributed by atoms with van der Waals surface area (Å²) in [5, 5.41) is 13.5. The summed E-state index contributed by atoms with van der Waals surface area (Å²) in [5.74, 6) is 0.450. The summed E-state index contributed by atoms with van der Waals surface area (Å²) < 4.78 is 5.03. The van der Waals surface area contributed by atoms with Crippen molar-refractivity contribution in [2.24, 2.45) is 0 Å². The van der Waals surface area contributed by atoms with Crippen LogP contribution < -0.4 is 10.1 Å². The minimum atomic E-state index is -0.459. The highest BCUT2D eigenvalue weighted by Crippen LogP contribution is 2.28. The quantitative estimate of drug-likeness (QED) is 0.457. The summed E-state index contributed by atoms with van der Waals surface area (Å²) in [6.07, 6.45) is 1.70. The van der Waals surface area contributed by atoms with E-state index in [1.54, 1.807) is 12.1 Å². The zero-order valence-electron chi connectivity index (χ0n) is 8.40. The molecule has 0 unspecified atom stereocenters. The maximum atomic E-state index is 10.5. The number of ether oxygens (including phenoxy) is 1. The van der Waals surface area contributed by atoms with E-state index in [1.165, 1.54) is 19.2 Å². The van der Waals surface area contributed by atoms with Crippen LogP contribution >= 0.6 is 0 Å². The Morgan fingerprint density at radius 2 is 2.40 bits per heavy atom. The smallest absolute Gasteiger partial charge is 0.273 e. The van der Waals surface area contributed by atoms with E-state index in [4.69, 9.17) is 4.74 Å². The molecule has 15 heavy (non-hydrogen) atoms. The van der Waals surface area contributed by atoms with E-state index >= 15 is 0 Å². The van der Waals surface area contributed by atoms with Crippen LogP contribution in [0.1, 0.15) is 0 Å². The third-order valence-electron chi connectivity index (χ3n) is 1.83. The molecular formula is C10H12N2O3. The molecule has 1 aromatic rings. The first-order valence-corrected chi connectivity index (χ1v) is 4.36. The molecule has 0 aliphatic heterocycles. The summed E-state index contributed by atoms with van der Waals surface area (Å²) in [6.45, 7) is 4.14. The van der Waals surface area contributed by atoms with E-state index in [1.807, 2.05) is 0 Å². The number of nitrogens with one attached hydrogen (secondary N) is 1. The van der Waals surface area contributed by atoms with Crippen LogP contribution in [0.25, 0.3) is 0 Å². The van der Waals surface area contributed by atoms with Gasteiger partial charge in [-0.2, -0.15) is 0 Å². The Morgan fingerprint density at radius 1 is 1.67 bits per heavy atom. The third kappa shape index (κ3) is 2.70. The lowest BCUT2D eigenvalue weighted by atomic mass is 10.2. The normalized spacial score (nSPS) is 9.40. The van der Waals surface area contributed by atoms with Gasteiger partial charge in [0, 0.05) is 12.6 Å². The highest BCUT2D eigenvalue weighted by molar-refractivity contribution is 5.60. The van der Waals surface area contributed by atoms with Crippen molar-refractivity contribution in [2.75, 3.05) is 19.0 Å². The number of hydrogen-bond donors (Lipinski definition) is 1. The molecule has 0 aliphatic rings. The van der Waals surface area contributed by atoms with Gasteiger partial charge in [0.2, 0.25) is 0 Å². The fraction of sp³-hybridized carbons (Fsp3) is 0.200. The van der Waals surface area contributed by atoms with Gasteiger partial charge >= 0.3 is 0 Å². The molecule has 0 aromatic heterocycles. The lowest BCUT2D eigenvalue weighted by molar-refractivity contribution is -0.384. The molecule has 0 fully saturated rings. The van der Waals surface area contributed by atoms with Crippen LogP contribution in [0.3, 0.4) is 0 Å². The van der Waals surface area contributed by atoms with Crippen LogP contribution in [0.4, 0.5) is 11.4 Å². The number of nitrogens with zero attached hydrogens (tertiary/aromatic N) is 1. The van der Waals surface area contributed by atoms with Gasteiger partial charge in [-0.15, -0.1) is 6.58 Å². The molecule has 5 heteroatoms. The van der Waals surface area contributed by atoms with Crippen molar-refractivity contribution in [1.29, 1.82) is 0 Å². The van der Waals surface area contributed by atoms with E-state index in [0.717, 1.165) is 0 Å². The van der Waals surface area contributed by atoms with Gasteiger partial charge in [0.25, 0.3) is 5.69 Å². The molecule has 5 nitrogen and oxygen atoms in total. The Bertz CT molecular complexity index is 377. The summed E-state index contributed by atoms with van der Waals surface area (Å²) in [6, 6.07) is 4.42. The number of anilines is 1. The maximum Gasteiger partial charge on any atom is 0.273 e. The van der Waals surface area contributed by atoms with Crippen molar-refractivity contribution in [2.45, 2.75) is 0 Å². The fourth-order valence-corrected chi connectivity index (χ4v) is 1.12. The number of nitro benzene ring substituents is 1. The molecule has 0 radical (unpaired) electrons. The van der Waals surface area contributed by atoms with Gasteiger partial charge in [-0.3, -0.25) is 10.1 Å². The van der Waals surface area contributed by atoms with Crippen molar-refractivity contribution in [3.63, 3.8) is 0 Å². The molecule has 0 saturated carbocycles. The van der Waals surface area contributed by atoms with E-state index in [0.29, 0.717) is 18.0 Å². The zero-order chi connectivity index (χ0) is 11.3. The van der Waals surface area contributed by atoms with Crippen molar-refractivity contribution in [1.82, 2.24) is 0 Å². The zero-order valence-corrected chi connectivity index (χ0v) is 8.40. The van der Waals surface area contributed by atoms with Gasteiger partial charge in [-0.1, -0.05) is 6.08 Å². The van der Waals surface area contributed by atoms with Gasteiger partial charge in [0.05, 0.1) is 23.8 Å². The van der Waals surface area contributed by atoms with Crippen LogP contribution in [-0.4, -0.2) is 18.6 Å². The fourth-order valence-electron chi connectivity index (χ4n) is 1.12. The van der Waals surface area contributed by atoms with Gasteiger partial charge in [-0.25, -0.2) is 0 Å². The largest absolute Gasteiger partial charge is 0.494 e. The topological polar surface area (TPSA) is 64.4 Å². The molecule has 0 spiro atoms. The third-order valence-corrected chi connectivity index (χ3v) is 1.83. The minimum absolute atomic E-state index is 0.0102. The molecule has 0 bridgehead atoms. The predicted octanol–water partition coefficient (Wildman–Crippen LogP) is 2.20. The van der Waals surface area contributed by atoms with Gasteiger partial charge < -0.3 is 10.1 Å². The maximum absolute atomic E-state index is 10.5.